The second-order valence-electron chi connectivity index (χ2n) is 7.79. The van der Waals surface area contributed by atoms with Crippen LogP contribution in [0.2, 0.25) is 0 Å². The smallest absolute Gasteiger partial charge is 0.410 e. The van der Waals surface area contributed by atoms with Crippen molar-refractivity contribution in [3.05, 3.63) is 30.0 Å². The zero-order valence-corrected chi connectivity index (χ0v) is 15.5. The lowest BCUT2D eigenvalue weighted by Crippen LogP contribution is -2.43. The van der Waals surface area contributed by atoms with E-state index in [1.807, 2.05) is 32.9 Å². The molecule has 0 aliphatic carbocycles. The van der Waals surface area contributed by atoms with Crippen LogP contribution in [0, 0.1) is 5.92 Å². The Morgan fingerprint density at radius 3 is 2.73 bits per heavy atom. The number of piperidine rings is 1. The van der Waals surface area contributed by atoms with Gasteiger partial charge in [-0.25, -0.2) is 4.79 Å². The third-order valence-electron chi connectivity index (χ3n) is 4.52. The average Bonchev–Trinajstić information content (AvgIpc) is 3.06. The molecule has 2 heterocycles. The number of hydrogen-bond donors (Lipinski definition) is 2. The van der Waals surface area contributed by atoms with E-state index < -0.39 is 5.60 Å². The van der Waals surface area contributed by atoms with Gasteiger partial charge in [0, 0.05) is 30.6 Å². The van der Waals surface area contributed by atoms with Crippen LogP contribution in [0.4, 0.5) is 4.79 Å². The van der Waals surface area contributed by atoms with Crippen LogP contribution in [0.5, 0.6) is 0 Å². The molecule has 2 N–H and O–H groups in total. The number of aromatic amines is 1. The topological polar surface area (TPSA) is 87.3 Å². The lowest BCUT2D eigenvalue weighted by molar-refractivity contribution is 0.0183. The first-order chi connectivity index (χ1) is 12.3. The maximum atomic E-state index is 12.4. The number of hydrogen-bond acceptors (Lipinski definition) is 4. The Kier molecular flexibility index (Phi) is 5.15. The molecule has 1 saturated heterocycles. The normalized spacial score (nSPS) is 15.9. The minimum Gasteiger partial charge on any atom is -0.444 e. The largest absolute Gasteiger partial charge is 0.444 e. The fourth-order valence-corrected chi connectivity index (χ4v) is 3.07. The molecule has 7 nitrogen and oxygen atoms in total. The molecule has 7 heteroatoms. The summed E-state index contributed by atoms with van der Waals surface area (Å²) >= 11 is 0. The lowest BCUT2D eigenvalue weighted by atomic mass is 9.97. The molecule has 2 amide bonds. The number of likely N-dealkylation sites (tertiary alicyclic amines) is 1. The van der Waals surface area contributed by atoms with E-state index in [0.29, 0.717) is 31.1 Å². The Morgan fingerprint density at radius 1 is 1.31 bits per heavy atom. The molecule has 1 aromatic carbocycles. The van der Waals surface area contributed by atoms with Gasteiger partial charge < -0.3 is 15.0 Å². The molecule has 0 atom stereocenters. The summed E-state index contributed by atoms with van der Waals surface area (Å²) in [5.41, 5.74) is 1.07. The molecule has 0 radical (unpaired) electrons. The summed E-state index contributed by atoms with van der Waals surface area (Å²) in [6, 6.07) is 5.48. The molecule has 26 heavy (non-hydrogen) atoms. The molecule has 1 aliphatic rings. The van der Waals surface area contributed by atoms with Crippen molar-refractivity contribution in [1.29, 1.82) is 0 Å². The lowest BCUT2D eigenvalue weighted by Gasteiger charge is -2.33. The van der Waals surface area contributed by atoms with Gasteiger partial charge in [0.25, 0.3) is 5.91 Å². The van der Waals surface area contributed by atoms with E-state index in [-0.39, 0.29) is 12.0 Å². The van der Waals surface area contributed by atoms with Gasteiger partial charge in [0.2, 0.25) is 0 Å². The Morgan fingerprint density at radius 2 is 2.04 bits per heavy atom. The molecule has 0 saturated carbocycles. The second kappa shape index (κ2) is 7.35. The zero-order chi connectivity index (χ0) is 18.7. The van der Waals surface area contributed by atoms with Gasteiger partial charge in [-0.15, -0.1) is 0 Å². The van der Waals surface area contributed by atoms with Gasteiger partial charge in [0.05, 0.1) is 11.7 Å². The third-order valence-corrected chi connectivity index (χ3v) is 4.52. The van der Waals surface area contributed by atoms with Crippen LogP contribution in [0.25, 0.3) is 10.9 Å². The van der Waals surface area contributed by atoms with Crippen molar-refractivity contribution in [1.82, 2.24) is 20.4 Å². The summed E-state index contributed by atoms with van der Waals surface area (Å²) in [6.45, 7) is 7.55. The number of carbonyl (C=O) groups excluding carboxylic acids is 2. The molecule has 0 unspecified atom stereocenters. The number of H-pyrrole nitrogens is 1. The fourth-order valence-electron chi connectivity index (χ4n) is 3.07. The highest BCUT2D eigenvalue weighted by Crippen LogP contribution is 2.19. The molecule has 3 rings (SSSR count). The van der Waals surface area contributed by atoms with Gasteiger partial charge in [-0.1, -0.05) is 0 Å². The SMILES string of the molecule is CC(C)(C)OC(=O)N1CCC(CNC(=O)c2ccc3[nH]ncc3c2)CC1. The van der Waals surface area contributed by atoms with Crippen LogP contribution >= 0.6 is 0 Å². The highest BCUT2D eigenvalue weighted by atomic mass is 16.6. The summed E-state index contributed by atoms with van der Waals surface area (Å²) in [5.74, 6) is 0.290. The van der Waals surface area contributed by atoms with E-state index in [1.54, 1.807) is 17.2 Å². The number of nitrogens with zero attached hydrogens (tertiary/aromatic N) is 2. The third kappa shape index (κ3) is 4.53. The summed E-state index contributed by atoms with van der Waals surface area (Å²) in [6.07, 6.45) is 3.17. The van der Waals surface area contributed by atoms with Crippen molar-refractivity contribution in [3.63, 3.8) is 0 Å². The van der Waals surface area contributed by atoms with E-state index in [2.05, 4.69) is 15.5 Å². The van der Waals surface area contributed by atoms with Gasteiger partial charge in [-0.05, 0) is 57.7 Å². The number of benzene rings is 1. The van der Waals surface area contributed by atoms with Crippen LogP contribution in [-0.4, -0.2) is 52.3 Å². The molecular formula is C19H26N4O3. The van der Waals surface area contributed by atoms with E-state index in [0.717, 1.165) is 23.7 Å². The maximum Gasteiger partial charge on any atom is 0.410 e. The van der Waals surface area contributed by atoms with Crippen LogP contribution < -0.4 is 5.32 Å². The number of amides is 2. The Labute approximate surface area is 153 Å². The molecular weight excluding hydrogens is 332 g/mol. The molecule has 2 aromatic rings. The van der Waals surface area contributed by atoms with Gasteiger partial charge in [-0.3, -0.25) is 9.89 Å². The van der Waals surface area contributed by atoms with E-state index in [1.165, 1.54) is 0 Å². The summed E-state index contributed by atoms with van der Waals surface area (Å²) in [4.78, 5) is 26.2. The van der Waals surface area contributed by atoms with Crippen LogP contribution in [0.1, 0.15) is 44.0 Å². The highest BCUT2D eigenvalue weighted by Gasteiger charge is 2.27. The van der Waals surface area contributed by atoms with Crippen LogP contribution in [0.3, 0.4) is 0 Å². The fraction of sp³-hybridized carbons (Fsp3) is 0.526. The quantitative estimate of drug-likeness (QED) is 0.883. The van der Waals surface area contributed by atoms with Crippen LogP contribution in [-0.2, 0) is 4.74 Å². The number of rotatable bonds is 3. The average molecular weight is 358 g/mol. The minimum atomic E-state index is -0.474. The predicted octanol–water partition coefficient (Wildman–Crippen LogP) is 2.94. The zero-order valence-electron chi connectivity index (χ0n) is 15.5. The number of carbonyl (C=O) groups is 2. The van der Waals surface area contributed by atoms with Gasteiger partial charge in [0.15, 0.2) is 0 Å². The maximum absolute atomic E-state index is 12.4. The van der Waals surface area contributed by atoms with Crippen molar-refractivity contribution in [2.24, 2.45) is 5.92 Å². The van der Waals surface area contributed by atoms with Crippen molar-refractivity contribution in [3.8, 4) is 0 Å². The van der Waals surface area contributed by atoms with Crippen molar-refractivity contribution in [2.75, 3.05) is 19.6 Å². The van der Waals surface area contributed by atoms with Crippen LogP contribution in [0.15, 0.2) is 24.4 Å². The highest BCUT2D eigenvalue weighted by molar-refractivity contribution is 5.97. The first-order valence-electron chi connectivity index (χ1n) is 9.01. The molecule has 0 bridgehead atoms. The molecule has 1 aliphatic heterocycles. The molecule has 0 spiro atoms. The standard InChI is InChI=1S/C19H26N4O3/c1-19(2,3)26-18(25)23-8-6-13(7-9-23)11-20-17(24)14-4-5-16-15(10-14)12-21-22-16/h4-5,10,12-13H,6-9,11H2,1-3H3,(H,20,24)(H,21,22). The Hall–Kier alpha value is -2.57. The second-order valence-corrected chi connectivity index (χ2v) is 7.79. The number of aromatic nitrogens is 2. The van der Waals surface area contributed by atoms with E-state index >= 15 is 0 Å². The molecule has 140 valence electrons. The Bertz CT molecular complexity index is 785. The van der Waals surface area contributed by atoms with Gasteiger partial charge in [-0.2, -0.15) is 5.10 Å². The minimum absolute atomic E-state index is 0.0809. The predicted molar refractivity (Wildman–Crippen MR) is 99.0 cm³/mol. The van der Waals surface area contributed by atoms with Crippen molar-refractivity contribution in [2.45, 2.75) is 39.2 Å². The molecule has 1 fully saturated rings. The number of nitrogens with one attached hydrogen (secondary N) is 2. The summed E-state index contributed by atoms with van der Waals surface area (Å²) in [5, 5.41) is 10.8. The summed E-state index contributed by atoms with van der Waals surface area (Å²) in [7, 11) is 0. The van der Waals surface area contributed by atoms with Gasteiger partial charge >= 0.3 is 6.09 Å². The first kappa shape index (κ1) is 18.2. The van der Waals surface area contributed by atoms with Crippen molar-refractivity contribution >= 4 is 22.9 Å². The van der Waals surface area contributed by atoms with E-state index in [4.69, 9.17) is 4.74 Å². The monoisotopic (exact) mass is 358 g/mol. The van der Waals surface area contributed by atoms with Crippen molar-refractivity contribution < 1.29 is 14.3 Å². The summed E-state index contributed by atoms with van der Waals surface area (Å²) < 4.78 is 5.41. The molecule has 1 aromatic heterocycles. The van der Waals surface area contributed by atoms with Gasteiger partial charge in [0.1, 0.15) is 5.60 Å². The Balaban J connectivity index is 1.46. The first-order valence-corrected chi connectivity index (χ1v) is 9.01. The number of ether oxygens (including phenoxy) is 1. The van der Waals surface area contributed by atoms with E-state index in [9.17, 15) is 9.59 Å². The number of fused-ring (bicyclic) bond motifs is 1.